The molecule has 0 saturated heterocycles. The second kappa shape index (κ2) is 37.6. The normalized spacial score (nSPS) is 11.4. The Morgan fingerprint density at radius 1 is 0.428 bits per heavy atom. The van der Waals surface area contributed by atoms with E-state index in [1.54, 1.807) is 76.8 Å². The monoisotopic (exact) mass is 1940 g/mol. The van der Waals surface area contributed by atoms with Crippen molar-refractivity contribution >= 4 is 149 Å². The molecule has 36 nitrogen and oxygen atoms in total. The van der Waals surface area contributed by atoms with Gasteiger partial charge in [0.05, 0.1) is 108 Å². The predicted octanol–water partition coefficient (Wildman–Crippen LogP) is 16.4. The van der Waals surface area contributed by atoms with Crippen LogP contribution in [0.1, 0.15) is 57.5 Å². The van der Waals surface area contributed by atoms with Crippen molar-refractivity contribution in [1.82, 2.24) is 122 Å². The number of anilines is 5. The predicted molar refractivity (Wildman–Crippen MR) is 556 cm³/mol. The number of nitrogen functional groups attached to an aromatic ring is 4. The summed E-state index contributed by atoms with van der Waals surface area (Å²) in [6.45, 7) is 19.4. The van der Waals surface area contributed by atoms with Gasteiger partial charge in [0, 0.05) is 65.5 Å². The number of thiazole rings is 1. The van der Waals surface area contributed by atoms with Gasteiger partial charge in [-0.05, 0) is 174 Å². The molecule has 712 valence electrons. The number of nitrogens with two attached hydrogens (primary N) is 4. The fourth-order valence-electron chi connectivity index (χ4n) is 18.5. The highest BCUT2D eigenvalue weighted by Crippen LogP contribution is 2.39. The molecule has 39 heteroatoms. The smallest absolute Gasteiger partial charge is 0.308 e. The second-order valence-electron chi connectivity index (χ2n) is 34.5. The van der Waals surface area contributed by atoms with E-state index in [0.717, 1.165) is 99.0 Å². The molecule has 145 heavy (non-hydrogen) atoms. The van der Waals surface area contributed by atoms with Gasteiger partial charge in [-0.25, -0.2) is 67.7 Å². The Bertz CT molecular complexity index is 9700. The van der Waals surface area contributed by atoms with Gasteiger partial charge in [-0.1, -0.05) is 151 Å². The molecule has 0 aliphatic carbocycles. The van der Waals surface area contributed by atoms with Crippen molar-refractivity contribution in [2.75, 3.05) is 28.3 Å². The molecule has 0 spiro atoms. The van der Waals surface area contributed by atoms with Crippen molar-refractivity contribution in [2.45, 2.75) is 67.7 Å². The lowest BCUT2D eigenvalue weighted by atomic mass is 10.1. The average molecular weight is 1940 g/mol. The number of H-pyrrole nitrogens is 1. The van der Waals surface area contributed by atoms with E-state index >= 15 is 0 Å². The van der Waals surface area contributed by atoms with Gasteiger partial charge in [-0.2, -0.15) is 30.2 Å². The van der Waals surface area contributed by atoms with Gasteiger partial charge in [0.2, 0.25) is 5.91 Å². The highest BCUT2D eigenvalue weighted by Gasteiger charge is 2.29. The minimum atomic E-state index is -0.525. The Morgan fingerprint density at radius 3 is 1.34 bits per heavy atom. The van der Waals surface area contributed by atoms with Crippen molar-refractivity contribution < 1.29 is 13.6 Å². The number of carbonyl (C=O) groups is 1. The van der Waals surface area contributed by atoms with Crippen LogP contribution < -0.4 is 50.5 Å². The molecule has 0 aliphatic rings. The van der Waals surface area contributed by atoms with Gasteiger partial charge in [0.25, 0.3) is 22.2 Å². The lowest BCUT2D eigenvalue weighted by Gasteiger charge is -2.17. The highest BCUT2D eigenvalue weighted by atomic mass is 32.1. The van der Waals surface area contributed by atoms with Crippen LogP contribution >= 0.6 is 11.3 Å². The van der Waals surface area contributed by atoms with E-state index in [2.05, 4.69) is 81.5 Å². The third-order valence-corrected chi connectivity index (χ3v) is 26.1. The lowest BCUT2D eigenvalue weighted by molar-refractivity contribution is -0.114. The number of aromatic amines is 1. The third kappa shape index (κ3) is 17.0. The van der Waals surface area contributed by atoms with Crippen LogP contribution in [0.25, 0.3) is 159 Å². The minimum absolute atomic E-state index is 0.0621. The number of pyridine rings is 4. The number of halogens is 2. The highest BCUT2D eigenvalue weighted by molar-refractivity contribution is 7.22. The van der Waals surface area contributed by atoms with Gasteiger partial charge in [-0.3, -0.25) is 52.0 Å². The molecule has 0 atom stereocenters. The standard InChI is InChI=1S/C31H24N8O2S.C27H24N8O.C25H19FN8O.C23H16FN7O/c1-17-7-3-6-10-24(17)39-21(13-19-8-4-5-9-22(19)30(39)41)15-38-29-26(28(32)33-16-34-29)27(37-38)20-11-12-23-25(14-20)42-31(36-23)35-18(2)40;1-16-7-4-5-10-21(16)35-20(11-18-9-6-8-17(2)22(18)27(35)36)14-34-26-23(25(28)29-15-30-26)24(32-34)19-12-31-33(3)13-19;1-14-4-2-5-15-8-19(34(25(35)20(14)15)18-7-3-6-17(26)9-18)12-33-24-21(23(27)28-13-29-24)22(32-33)16-10-30-31-11-16;1-13-6-5-7-14-10-15(31(23(32)18(13)14)17-9-4-3-8-16(17)24)11-30-22-19(21(26-2)29-30)20(25)27-12-28-22/h3-14,16H,15H2,1-2H3,(H2,32,33,34)(H,35,36,40);4-13,15H,14H2,1-3H3,(H2,28,29,30);2-11,13H,12H2,1H3,(H,30,31)(H2,27,28,29);3-10,12H,11H2,1H3,(H2,25,27,28). The van der Waals surface area contributed by atoms with E-state index in [1.807, 2.05) is 212 Å². The average Bonchev–Trinajstić information content (AvgIpc) is 1.73. The summed E-state index contributed by atoms with van der Waals surface area (Å²) < 4.78 is 44.7. The largest absolute Gasteiger partial charge is 0.384 e. The van der Waals surface area contributed by atoms with Gasteiger partial charge in [-0.15, -0.1) is 0 Å². The molecular weight excluding hydrogens is 1860 g/mol. The number of fused-ring (bicyclic) bond motifs is 9. The Hall–Kier alpha value is -19.6. The summed E-state index contributed by atoms with van der Waals surface area (Å²) in [5.74, 6) is 0.00768. The topological polar surface area (TPSA) is 459 Å². The van der Waals surface area contributed by atoms with Gasteiger partial charge < -0.3 is 33.1 Å². The molecule has 24 aromatic rings. The van der Waals surface area contributed by atoms with Gasteiger partial charge in [0.1, 0.15) is 83.8 Å². The first-order valence-electron chi connectivity index (χ1n) is 45.4. The molecular formula is C106H83F2N31O5S. The van der Waals surface area contributed by atoms with Crippen LogP contribution in [0.15, 0.2) is 288 Å². The molecule has 1 amide bonds. The fourth-order valence-corrected chi connectivity index (χ4v) is 19.5. The van der Waals surface area contributed by atoms with Crippen LogP contribution in [-0.4, -0.2) is 128 Å². The van der Waals surface area contributed by atoms with E-state index in [9.17, 15) is 32.8 Å². The van der Waals surface area contributed by atoms with Crippen LogP contribution in [-0.2, 0) is 38.0 Å². The molecule has 24 rings (SSSR count). The number of amides is 1. The number of nitrogens with one attached hydrogen (secondary N) is 2. The van der Waals surface area contributed by atoms with Crippen LogP contribution in [0, 0.1) is 52.8 Å². The number of hydrogen-bond donors (Lipinski definition) is 6. The molecule has 0 radical (unpaired) electrons. The summed E-state index contributed by atoms with van der Waals surface area (Å²) in [4.78, 5) is 109. The Kier molecular flexibility index (Phi) is 23.8. The molecule has 15 aromatic heterocycles. The van der Waals surface area contributed by atoms with Crippen LogP contribution in [0.5, 0.6) is 0 Å². The van der Waals surface area contributed by atoms with E-state index in [1.165, 1.54) is 75.6 Å². The van der Waals surface area contributed by atoms with E-state index in [0.29, 0.717) is 123 Å². The number of nitrogens with zero attached hydrogens (tertiary/aromatic N) is 25. The first kappa shape index (κ1) is 91.7. The van der Waals surface area contributed by atoms with Crippen molar-refractivity contribution in [3.63, 3.8) is 0 Å². The van der Waals surface area contributed by atoms with E-state index in [4.69, 9.17) is 44.8 Å². The van der Waals surface area contributed by atoms with Crippen molar-refractivity contribution in [2.24, 2.45) is 7.05 Å². The lowest BCUT2D eigenvalue weighted by Crippen LogP contribution is -2.25. The van der Waals surface area contributed by atoms with Crippen LogP contribution in [0.3, 0.4) is 0 Å². The van der Waals surface area contributed by atoms with Crippen molar-refractivity contribution in [1.29, 1.82) is 0 Å². The first-order valence-corrected chi connectivity index (χ1v) is 46.2. The van der Waals surface area contributed by atoms with Gasteiger partial charge in [0.15, 0.2) is 27.7 Å². The summed E-state index contributed by atoms with van der Waals surface area (Å²) in [6, 6.07) is 66.1. The number of aryl methyl sites for hydroxylation is 6. The SMILES string of the molecule is CC(=O)Nc1nc2ccc(-c3nn(Cc4cc5ccccc5c(=O)n4-c4ccccc4C)c4ncnc(N)c34)cc2s1.Cc1cccc2cc(Cn3nc(-c4cn[nH]c4)c4c(N)ncnc43)n(-c3cccc(F)c3)c(=O)c12.Cc1ccccc1-n1c(Cn2nc(-c3cnn(C)c3)c3c(N)ncnc32)cc2cccc(C)c2c1=O.[C-]#[N+]c1nn(Cc2cc3cccc(C)c3c(=O)n2-c2ccccc2F)c2ncnc(N)c12. The number of benzene rings is 9. The Morgan fingerprint density at radius 2 is 0.855 bits per heavy atom. The zero-order chi connectivity index (χ0) is 100. The number of para-hydroxylation sites is 3. The number of aromatic nitrogens is 25. The minimum Gasteiger partial charge on any atom is -0.384 e. The molecule has 0 unspecified atom stereocenters. The summed E-state index contributed by atoms with van der Waals surface area (Å²) in [6.07, 6.45) is 12.5. The zero-order valence-electron chi connectivity index (χ0n) is 78.4. The molecule has 15 heterocycles. The molecule has 0 aliphatic heterocycles. The summed E-state index contributed by atoms with van der Waals surface area (Å²) in [5.41, 5.74) is 40.4. The maximum absolute atomic E-state index is 14.8. The Balaban J connectivity index is 0.000000114. The Labute approximate surface area is 823 Å². The zero-order valence-corrected chi connectivity index (χ0v) is 79.2. The fraction of sp³-hybridized carbons (Fsp3) is 0.104. The molecule has 9 aromatic carbocycles. The maximum atomic E-state index is 14.8. The number of rotatable bonds is 16. The van der Waals surface area contributed by atoms with E-state index in [-0.39, 0.29) is 70.9 Å². The molecule has 0 bridgehead atoms. The first-order chi connectivity index (χ1) is 70.3. The summed E-state index contributed by atoms with van der Waals surface area (Å²) in [7, 11) is 1.85. The molecule has 0 saturated carbocycles. The maximum Gasteiger partial charge on any atom is 0.308 e. The number of hydrogen-bond acceptors (Lipinski definition) is 25. The van der Waals surface area contributed by atoms with Crippen LogP contribution in [0.2, 0.25) is 0 Å². The second-order valence-corrected chi connectivity index (χ2v) is 35.6. The summed E-state index contributed by atoms with van der Waals surface area (Å²) in [5, 5.41) is 41.2. The van der Waals surface area contributed by atoms with E-state index < -0.39 is 11.6 Å². The van der Waals surface area contributed by atoms with Crippen molar-refractivity contribution in [3.05, 3.63) is 384 Å². The molecule has 0 fully saturated rings. The van der Waals surface area contributed by atoms with Crippen molar-refractivity contribution in [3.8, 4) is 56.5 Å². The summed E-state index contributed by atoms with van der Waals surface area (Å²) >= 11 is 1.38. The molecule has 10 N–H and O–H groups in total. The van der Waals surface area contributed by atoms with Crippen LogP contribution in [0.4, 0.5) is 43.0 Å². The number of carbonyl (C=O) groups excluding carboxylic acids is 1. The quantitative estimate of drug-likeness (QED) is 0.0489. The van der Waals surface area contributed by atoms with Gasteiger partial charge >= 0.3 is 5.82 Å². The third-order valence-electron chi connectivity index (χ3n) is 25.1.